The fourth-order valence-corrected chi connectivity index (χ4v) is 2.44. The Labute approximate surface area is 107 Å². The average molecular weight is 250 g/mol. The number of carbonyl (C=O) groups is 1. The van der Waals surface area contributed by atoms with Crippen molar-refractivity contribution in [2.45, 2.75) is 31.7 Å². The van der Waals surface area contributed by atoms with Crippen molar-refractivity contribution in [1.82, 2.24) is 0 Å². The van der Waals surface area contributed by atoms with E-state index < -0.39 is 0 Å². The number of rotatable bonds is 5. The molecule has 0 heterocycles. The fraction of sp³-hybridized carbons (Fsp3) is 0.500. The lowest BCUT2D eigenvalue weighted by atomic mass is 10.2. The van der Waals surface area contributed by atoms with Gasteiger partial charge in [0, 0.05) is 23.8 Å². The van der Waals surface area contributed by atoms with Gasteiger partial charge in [-0.3, -0.25) is 4.79 Å². The van der Waals surface area contributed by atoms with Crippen LogP contribution in [-0.2, 0) is 0 Å². The Hall–Kier alpha value is -1.02. The standard InChI is InChI=1S/C14H16ClNO/c15-14-7-13(4-3-11(14)9-17)16(12-5-6-12)8-10-1-2-10/h3-4,7,9-10,12H,1-2,5-6,8H2. The van der Waals surface area contributed by atoms with Crippen molar-refractivity contribution >= 4 is 23.6 Å². The summed E-state index contributed by atoms with van der Waals surface area (Å²) in [4.78, 5) is 13.2. The van der Waals surface area contributed by atoms with Crippen LogP contribution in [0.15, 0.2) is 18.2 Å². The van der Waals surface area contributed by atoms with Gasteiger partial charge in [0.25, 0.3) is 0 Å². The Morgan fingerprint density at radius 3 is 2.59 bits per heavy atom. The van der Waals surface area contributed by atoms with Gasteiger partial charge in [-0.15, -0.1) is 0 Å². The van der Waals surface area contributed by atoms with Crippen molar-refractivity contribution in [3.05, 3.63) is 28.8 Å². The molecule has 17 heavy (non-hydrogen) atoms. The topological polar surface area (TPSA) is 20.3 Å². The van der Waals surface area contributed by atoms with E-state index in [0.29, 0.717) is 16.6 Å². The van der Waals surface area contributed by atoms with E-state index in [4.69, 9.17) is 11.6 Å². The predicted octanol–water partition coefficient (Wildman–Crippen LogP) is 3.53. The summed E-state index contributed by atoms with van der Waals surface area (Å²) in [6.45, 7) is 1.15. The zero-order valence-electron chi connectivity index (χ0n) is 9.73. The van der Waals surface area contributed by atoms with E-state index >= 15 is 0 Å². The van der Waals surface area contributed by atoms with E-state index in [9.17, 15) is 4.79 Å². The first-order valence-corrected chi connectivity index (χ1v) is 6.67. The number of hydrogen-bond acceptors (Lipinski definition) is 2. The molecule has 1 aromatic carbocycles. The Morgan fingerprint density at radius 1 is 1.29 bits per heavy atom. The smallest absolute Gasteiger partial charge is 0.151 e. The number of carbonyl (C=O) groups excluding carboxylic acids is 1. The van der Waals surface area contributed by atoms with Gasteiger partial charge in [-0.05, 0) is 49.8 Å². The third kappa shape index (κ3) is 2.47. The van der Waals surface area contributed by atoms with Crippen molar-refractivity contribution in [2.75, 3.05) is 11.4 Å². The first kappa shape index (κ1) is 11.1. The van der Waals surface area contributed by atoms with E-state index in [1.54, 1.807) is 0 Å². The highest BCUT2D eigenvalue weighted by Crippen LogP contribution is 2.38. The largest absolute Gasteiger partial charge is 0.368 e. The lowest BCUT2D eigenvalue weighted by Crippen LogP contribution is -2.27. The van der Waals surface area contributed by atoms with Crippen molar-refractivity contribution in [3.63, 3.8) is 0 Å². The molecule has 2 aliphatic carbocycles. The molecule has 3 rings (SSSR count). The molecule has 0 saturated heterocycles. The fourth-order valence-electron chi connectivity index (χ4n) is 2.22. The van der Waals surface area contributed by atoms with E-state index in [-0.39, 0.29) is 0 Å². The molecule has 0 aromatic heterocycles. The van der Waals surface area contributed by atoms with Crippen LogP contribution in [0.4, 0.5) is 5.69 Å². The van der Waals surface area contributed by atoms with Crippen molar-refractivity contribution in [1.29, 1.82) is 0 Å². The molecule has 0 bridgehead atoms. The van der Waals surface area contributed by atoms with Crippen molar-refractivity contribution < 1.29 is 4.79 Å². The first-order chi connectivity index (χ1) is 8.28. The number of hydrogen-bond donors (Lipinski definition) is 0. The molecule has 1 aromatic rings. The van der Waals surface area contributed by atoms with Gasteiger partial charge >= 0.3 is 0 Å². The van der Waals surface area contributed by atoms with Gasteiger partial charge in [0.1, 0.15) is 0 Å². The second kappa shape index (κ2) is 4.34. The number of anilines is 1. The molecule has 0 unspecified atom stereocenters. The minimum Gasteiger partial charge on any atom is -0.368 e. The van der Waals surface area contributed by atoms with E-state index in [2.05, 4.69) is 4.90 Å². The Kier molecular flexibility index (Phi) is 2.83. The highest BCUT2D eigenvalue weighted by atomic mass is 35.5. The van der Waals surface area contributed by atoms with Crippen LogP contribution in [0.1, 0.15) is 36.0 Å². The van der Waals surface area contributed by atoms with Gasteiger partial charge in [0.2, 0.25) is 0 Å². The molecule has 2 aliphatic rings. The maximum absolute atomic E-state index is 10.7. The maximum atomic E-state index is 10.7. The first-order valence-electron chi connectivity index (χ1n) is 6.29. The second-order valence-corrected chi connectivity index (χ2v) is 5.56. The zero-order valence-corrected chi connectivity index (χ0v) is 10.5. The lowest BCUT2D eigenvalue weighted by molar-refractivity contribution is 0.112. The van der Waals surface area contributed by atoms with Gasteiger partial charge in [-0.25, -0.2) is 0 Å². The summed E-state index contributed by atoms with van der Waals surface area (Å²) in [5.74, 6) is 0.875. The van der Waals surface area contributed by atoms with E-state index in [1.807, 2.05) is 18.2 Å². The summed E-state index contributed by atoms with van der Waals surface area (Å²) in [6.07, 6.45) is 6.13. The molecular weight excluding hydrogens is 234 g/mol. The van der Waals surface area contributed by atoms with Gasteiger partial charge in [0.05, 0.1) is 5.02 Å². The molecule has 2 fully saturated rings. The van der Waals surface area contributed by atoms with Gasteiger partial charge in [-0.2, -0.15) is 0 Å². The molecule has 0 radical (unpaired) electrons. The molecule has 0 aliphatic heterocycles. The van der Waals surface area contributed by atoms with E-state index in [0.717, 1.165) is 18.7 Å². The zero-order chi connectivity index (χ0) is 11.8. The second-order valence-electron chi connectivity index (χ2n) is 5.15. The molecule has 0 N–H and O–H groups in total. The molecule has 90 valence electrons. The Balaban J connectivity index is 1.83. The minimum atomic E-state index is 0.568. The monoisotopic (exact) mass is 249 g/mol. The summed E-state index contributed by atoms with van der Waals surface area (Å²) >= 11 is 6.09. The van der Waals surface area contributed by atoms with Crippen LogP contribution in [-0.4, -0.2) is 18.9 Å². The summed E-state index contributed by atoms with van der Waals surface area (Å²) in [5.41, 5.74) is 1.76. The number of benzene rings is 1. The maximum Gasteiger partial charge on any atom is 0.151 e. The SMILES string of the molecule is O=Cc1ccc(N(CC2CC2)C2CC2)cc1Cl. The van der Waals surface area contributed by atoms with Gasteiger partial charge in [-0.1, -0.05) is 11.6 Å². The minimum absolute atomic E-state index is 0.568. The molecule has 0 atom stereocenters. The summed E-state index contributed by atoms with van der Waals surface area (Å²) in [5, 5.41) is 0.568. The van der Waals surface area contributed by atoms with Crippen LogP contribution in [0.5, 0.6) is 0 Å². The highest BCUT2D eigenvalue weighted by Gasteiger charge is 2.33. The van der Waals surface area contributed by atoms with Crippen LogP contribution in [0, 0.1) is 5.92 Å². The summed E-state index contributed by atoms with van der Waals surface area (Å²) < 4.78 is 0. The third-order valence-electron chi connectivity index (χ3n) is 3.58. The van der Waals surface area contributed by atoms with Crippen LogP contribution in [0.3, 0.4) is 0 Å². The lowest BCUT2D eigenvalue weighted by Gasteiger charge is -2.25. The quantitative estimate of drug-likeness (QED) is 0.744. The number of nitrogens with zero attached hydrogens (tertiary/aromatic N) is 1. The van der Waals surface area contributed by atoms with Gasteiger partial charge in [0.15, 0.2) is 6.29 Å². The van der Waals surface area contributed by atoms with Crippen LogP contribution >= 0.6 is 11.6 Å². The van der Waals surface area contributed by atoms with Crippen molar-refractivity contribution in [3.8, 4) is 0 Å². The third-order valence-corrected chi connectivity index (χ3v) is 3.91. The van der Waals surface area contributed by atoms with Crippen LogP contribution < -0.4 is 4.90 Å². The van der Waals surface area contributed by atoms with Crippen LogP contribution in [0.2, 0.25) is 5.02 Å². The van der Waals surface area contributed by atoms with E-state index in [1.165, 1.54) is 31.4 Å². The highest BCUT2D eigenvalue weighted by molar-refractivity contribution is 6.33. The number of aldehydes is 1. The molecule has 0 spiro atoms. The van der Waals surface area contributed by atoms with Crippen LogP contribution in [0.25, 0.3) is 0 Å². The normalized spacial score (nSPS) is 19.1. The Bertz CT molecular complexity index is 438. The Morgan fingerprint density at radius 2 is 2.06 bits per heavy atom. The molecule has 3 heteroatoms. The van der Waals surface area contributed by atoms with Gasteiger partial charge < -0.3 is 4.90 Å². The summed E-state index contributed by atoms with van der Waals surface area (Å²) in [7, 11) is 0. The predicted molar refractivity (Wildman–Crippen MR) is 69.9 cm³/mol. The molecule has 0 amide bonds. The molecule has 2 saturated carbocycles. The molecular formula is C14H16ClNO. The summed E-state index contributed by atoms with van der Waals surface area (Å²) in [6, 6.07) is 6.49. The van der Waals surface area contributed by atoms with Crippen molar-refractivity contribution in [2.24, 2.45) is 5.92 Å². The number of halogens is 1. The molecule has 2 nitrogen and oxygen atoms in total. The average Bonchev–Trinajstić information content (AvgIpc) is 3.17.